The minimum absolute atomic E-state index is 0.00143. The van der Waals surface area contributed by atoms with Crippen LogP contribution in [-0.2, 0) is 13.1 Å². The molecule has 0 saturated carbocycles. The van der Waals surface area contributed by atoms with E-state index in [0.717, 1.165) is 4.90 Å². The minimum Gasteiger partial charge on any atom is -0.467 e. The normalized spacial score (nSPS) is 12.7. The van der Waals surface area contributed by atoms with Gasteiger partial charge in [0.05, 0.1) is 29.8 Å². The molecule has 1 N–H and O–H groups in total. The number of nitrogens with one attached hydrogen (secondary N) is 1. The van der Waals surface area contributed by atoms with Gasteiger partial charge in [0.25, 0.3) is 23.4 Å². The van der Waals surface area contributed by atoms with E-state index in [-0.39, 0.29) is 30.1 Å². The van der Waals surface area contributed by atoms with Crippen molar-refractivity contribution < 1.29 is 23.7 Å². The first kappa shape index (κ1) is 19.1. The predicted octanol–water partition coefficient (Wildman–Crippen LogP) is 2.91. The molecule has 4 rings (SSSR count). The number of hydrogen-bond donors (Lipinski definition) is 1. The Balaban J connectivity index is 1.52. The van der Waals surface area contributed by atoms with E-state index in [4.69, 9.17) is 4.42 Å². The van der Waals surface area contributed by atoms with Crippen molar-refractivity contribution >= 4 is 23.4 Å². The first-order valence-electron chi connectivity index (χ1n) is 8.99. The molecule has 1 aromatic heterocycles. The number of nitro benzene ring substituents is 1. The first-order chi connectivity index (χ1) is 14.5. The Morgan fingerprint density at radius 2 is 1.87 bits per heavy atom. The summed E-state index contributed by atoms with van der Waals surface area (Å²) in [5.41, 5.74) is 0.278. The smallest absolute Gasteiger partial charge is 0.282 e. The Labute approximate surface area is 170 Å². The number of carbonyl (C=O) groups excluding carboxylic acids is 3. The summed E-state index contributed by atoms with van der Waals surface area (Å²) in [5, 5.41) is 13.9. The van der Waals surface area contributed by atoms with Crippen LogP contribution in [0.3, 0.4) is 0 Å². The molecule has 3 aromatic rings. The molecule has 2 heterocycles. The van der Waals surface area contributed by atoms with Gasteiger partial charge in [-0.3, -0.25) is 29.4 Å². The van der Waals surface area contributed by atoms with Crippen LogP contribution >= 0.6 is 0 Å². The van der Waals surface area contributed by atoms with Gasteiger partial charge in [-0.15, -0.1) is 0 Å². The maximum Gasteiger partial charge on any atom is 0.282 e. The number of benzene rings is 2. The van der Waals surface area contributed by atoms with Gasteiger partial charge in [0.1, 0.15) is 11.3 Å². The van der Waals surface area contributed by atoms with Crippen molar-refractivity contribution in [3.05, 3.63) is 99.0 Å². The standard InChI is InChI=1S/C21H15N3O6/c25-19(22-11-15-6-3-9-30-15)14-5-1-4-13(10-14)12-23-20(26)16-7-2-8-17(24(28)29)18(16)21(23)27/h1-10H,11-12H2,(H,22,25). The second-order valence-corrected chi connectivity index (χ2v) is 6.62. The average molecular weight is 405 g/mol. The Morgan fingerprint density at radius 1 is 1.07 bits per heavy atom. The molecular weight excluding hydrogens is 390 g/mol. The summed E-state index contributed by atoms with van der Waals surface area (Å²) in [6, 6.07) is 13.9. The molecule has 0 radical (unpaired) electrons. The first-order valence-corrected chi connectivity index (χ1v) is 8.99. The molecule has 0 bridgehead atoms. The zero-order valence-corrected chi connectivity index (χ0v) is 15.5. The van der Waals surface area contributed by atoms with Crippen LogP contribution in [0.5, 0.6) is 0 Å². The molecular formula is C21H15N3O6. The molecule has 9 heteroatoms. The molecule has 30 heavy (non-hydrogen) atoms. The van der Waals surface area contributed by atoms with Crippen molar-refractivity contribution in [2.75, 3.05) is 0 Å². The van der Waals surface area contributed by atoms with Gasteiger partial charge in [0.15, 0.2) is 0 Å². The molecule has 0 unspecified atom stereocenters. The Morgan fingerprint density at radius 3 is 2.60 bits per heavy atom. The number of hydrogen-bond acceptors (Lipinski definition) is 6. The lowest BCUT2D eigenvalue weighted by atomic mass is 10.1. The number of rotatable bonds is 6. The molecule has 150 valence electrons. The summed E-state index contributed by atoms with van der Waals surface area (Å²) in [4.78, 5) is 49.2. The molecule has 0 atom stereocenters. The van der Waals surface area contributed by atoms with Crippen LogP contribution in [0.4, 0.5) is 5.69 Å². The van der Waals surface area contributed by atoms with Gasteiger partial charge < -0.3 is 9.73 Å². The van der Waals surface area contributed by atoms with Crippen LogP contribution in [0.25, 0.3) is 0 Å². The highest BCUT2D eigenvalue weighted by Gasteiger charge is 2.40. The van der Waals surface area contributed by atoms with Gasteiger partial charge in [0, 0.05) is 11.6 Å². The molecule has 9 nitrogen and oxygen atoms in total. The highest BCUT2D eigenvalue weighted by molar-refractivity contribution is 6.23. The van der Waals surface area contributed by atoms with Crippen LogP contribution in [0, 0.1) is 10.1 Å². The summed E-state index contributed by atoms with van der Waals surface area (Å²) in [6.07, 6.45) is 1.51. The van der Waals surface area contributed by atoms with Crippen molar-refractivity contribution in [2.24, 2.45) is 0 Å². The van der Waals surface area contributed by atoms with E-state index < -0.39 is 22.4 Å². The average Bonchev–Trinajstić information content (AvgIpc) is 3.35. The van der Waals surface area contributed by atoms with Crippen molar-refractivity contribution in [2.45, 2.75) is 13.1 Å². The third kappa shape index (κ3) is 3.44. The number of nitro groups is 1. The van der Waals surface area contributed by atoms with Gasteiger partial charge >= 0.3 is 0 Å². The van der Waals surface area contributed by atoms with E-state index in [1.54, 1.807) is 36.4 Å². The van der Waals surface area contributed by atoms with Crippen molar-refractivity contribution in [3.63, 3.8) is 0 Å². The monoisotopic (exact) mass is 405 g/mol. The topological polar surface area (TPSA) is 123 Å². The molecule has 1 aliphatic rings. The van der Waals surface area contributed by atoms with Gasteiger partial charge in [-0.1, -0.05) is 18.2 Å². The molecule has 0 saturated heterocycles. The maximum absolute atomic E-state index is 12.7. The number of furan rings is 1. The fourth-order valence-corrected chi connectivity index (χ4v) is 3.29. The predicted molar refractivity (Wildman–Crippen MR) is 104 cm³/mol. The van der Waals surface area contributed by atoms with Crippen LogP contribution in [0.1, 0.15) is 42.4 Å². The van der Waals surface area contributed by atoms with Crippen LogP contribution in [0.2, 0.25) is 0 Å². The van der Waals surface area contributed by atoms with E-state index in [2.05, 4.69) is 5.32 Å². The number of amides is 3. The highest BCUT2D eigenvalue weighted by atomic mass is 16.6. The highest BCUT2D eigenvalue weighted by Crippen LogP contribution is 2.31. The van der Waals surface area contributed by atoms with E-state index in [1.165, 1.54) is 24.5 Å². The Bertz CT molecular complexity index is 1170. The van der Waals surface area contributed by atoms with Crippen molar-refractivity contribution in [1.29, 1.82) is 0 Å². The molecule has 0 fully saturated rings. The summed E-state index contributed by atoms with van der Waals surface area (Å²) < 4.78 is 5.17. The van der Waals surface area contributed by atoms with E-state index in [0.29, 0.717) is 16.9 Å². The quantitative estimate of drug-likeness (QED) is 0.382. The summed E-state index contributed by atoms with van der Waals surface area (Å²) in [7, 11) is 0. The zero-order valence-electron chi connectivity index (χ0n) is 15.5. The third-order valence-corrected chi connectivity index (χ3v) is 4.71. The SMILES string of the molecule is O=C(NCc1ccco1)c1cccc(CN2C(=O)c3cccc([N+](=O)[O-])c3C2=O)c1. The summed E-state index contributed by atoms with van der Waals surface area (Å²) in [5.74, 6) is -1.07. The maximum atomic E-state index is 12.7. The lowest BCUT2D eigenvalue weighted by molar-refractivity contribution is -0.385. The summed E-state index contributed by atoms with van der Waals surface area (Å²) >= 11 is 0. The van der Waals surface area contributed by atoms with Gasteiger partial charge in [-0.25, -0.2) is 0 Å². The second-order valence-electron chi connectivity index (χ2n) is 6.62. The van der Waals surface area contributed by atoms with Gasteiger partial charge in [-0.05, 0) is 35.9 Å². The van der Waals surface area contributed by atoms with E-state index >= 15 is 0 Å². The second kappa shape index (κ2) is 7.63. The van der Waals surface area contributed by atoms with Gasteiger partial charge in [0.2, 0.25) is 0 Å². The van der Waals surface area contributed by atoms with Crippen molar-refractivity contribution in [3.8, 4) is 0 Å². The molecule has 1 aliphatic heterocycles. The minimum atomic E-state index is -0.727. The number of imide groups is 1. The molecule has 2 aromatic carbocycles. The largest absolute Gasteiger partial charge is 0.467 e. The third-order valence-electron chi connectivity index (χ3n) is 4.71. The number of carbonyl (C=O) groups is 3. The van der Waals surface area contributed by atoms with Crippen LogP contribution in [-0.4, -0.2) is 27.5 Å². The molecule has 3 amide bonds. The number of nitrogens with zero attached hydrogens (tertiary/aromatic N) is 2. The number of fused-ring (bicyclic) bond motifs is 1. The van der Waals surface area contributed by atoms with E-state index in [1.807, 2.05) is 0 Å². The fraction of sp³-hybridized carbons (Fsp3) is 0.0952. The summed E-state index contributed by atoms with van der Waals surface area (Å²) in [6.45, 7) is 0.112. The van der Waals surface area contributed by atoms with Gasteiger partial charge in [-0.2, -0.15) is 0 Å². The van der Waals surface area contributed by atoms with E-state index in [9.17, 15) is 24.5 Å². The Hall–Kier alpha value is -4.27. The fourth-order valence-electron chi connectivity index (χ4n) is 3.29. The zero-order chi connectivity index (χ0) is 21.3. The molecule has 0 spiro atoms. The lowest BCUT2D eigenvalue weighted by Crippen LogP contribution is -2.29. The molecule has 0 aliphatic carbocycles. The van der Waals surface area contributed by atoms with Crippen molar-refractivity contribution in [1.82, 2.24) is 10.2 Å². The van der Waals surface area contributed by atoms with Crippen LogP contribution < -0.4 is 5.32 Å². The lowest BCUT2D eigenvalue weighted by Gasteiger charge is -2.14. The Kier molecular flexibility index (Phi) is 4.85. The van der Waals surface area contributed by atoms with Crippen LogP contribution in [0.15, 0.2) is 65.3 Å².